The lowest BCUT2D eigenvalue weighted by atomic mass is 9.99. The van der Waals surface area contributed by atoms with Crippen LogP contribution in [0.4, 0.5) is 17.2 Å². The summed E-state index contributed by atoms with van der Waals surface area (Å²) in [6, 6.07) is 14.0. The molecule has 1 aromatic carbocycles. The lowest BCUT2D eigenvalue weighted by Gasteiger charge is -2.29. The maximum atomic E-state index is 12.7. The Labute approximate surface area is 185 Å². The van der Waals surface area contributed by atoms with Crippen LogP contribution in [0, 0.1) is 0 Å². The van der Waals surface area contributed by atoms with Gasteiger partial charge in [0.15, 0.2) is 0 Å². The molecule has 6 rings (SSSR count). The Balaban J connectivity index is 1.33. The van der Waals surface area contributed by atoms with E-state index in [-0.39, 0.29) is 5.91 Å². The molecule has 4 aromatic rings. The van der Waals surface area contributed by atoms with Crippen molar-refractivity contribution in [3.05, 3.63) is 72.2 Å². The van der Waals surface area contributed by atoms with Crippen LogP contribution < -0.4 is 20.9 Å². The van der Waals surface area contributed by atoms with E-state index in [1.165, 1.54) is 0 Å². The minimum atomic E-state index is -0.0735. The molecule has 160 valence electrons. The Hall–Kier alpha value is -3.91. The Bertz CT molecular complexity index is 1310. The molecule has 0 bridgehead atoms. The number of imidazole rings is 1. The molecule has 3 N–H and O–H groups in total. The number of piperazine rings is 1. The molecule has 8 heteroatoms. The molecular formula is C24H23N7O. The minimum absolute atomic E-state index is 0.0735. The second kappa shape index (κ2) is 7.65. The lowest BCUT2D eigenvalue weighted by molar-refractivity contribution is 0.0966. The predicted octanol–water partition coefficient (Wildman–Crippen LogP) is 2.79. The third-order valence-corrected chi connectivity index (χ3v) is 6.15. The first kappa shape index (κ1) is 18.8. The number of aromatic nitrogens is 3. The van der Waals surface area contributed by atoms with E-state index in [1.54, 1.807) is 0 Å². The highest BCUT2D eigenvalue weighted by molar-refractivity contribution is 6.06. The number of amides is 1. The summed E-state index contributed by atoms with van der Waals surface area (Å²) in [5, 5.41) is 9.68. The molecule has 0 aliphatic carbocycles. The Morgan fingerprint density at radius 1 is 0.969 bits per heavy atom. The van der Waals surface area contributed by atoms with Crippen molar-refractivity contribution in [2.45, 2.75) is 6.54 Å². The quantitative estimate of drug-likeness (QED) is 0.466. The first-order chi connectivity index (χ1) is 15.8. The highest BCUT2D eigenvalue weighted by Crippen LogP contribution is 2.35. The van der Waals surface area contributed by atoms with Crippen molar-refractivity contribution in [2.24, 2.45) is 0 Å². The van der Waals surface area contributed by atoms with Gasteiger partial charge in [0.1, 0.15) is 11.5 Å². The summed E-state index contributed by atoms with van der Waals surface area (Å²) in [7, 11) is 0. The van der Waals surface area contributed by atoms with Crippen molar-refractivity contribution in [2.75, 3.05) is 36.4 Å². The molecule has 3 aromatic heterocycles. The maximum Gasteiger partial charge on any atom is 0.254 e. The molecule has 0 unspecified atom stereocenters. The third kappa shape index (κ3) is 3.16. The van der Waals surface area contributed by atoms with Crippen molar-refractivity contribution in [1.82, 2.24) is 25.0 Å². The van der Waals surface area contributed by atoms with Gasteiger partial charge in [-0.05, 0) is 35.9 Å². The van der Waals surface area contributed by atoms with Crippen molar-refractivity contribution in [3.63, 3.8) is 0 Å². The standard InChI is InChI=1S/C24H23N7O/c32-24-23-18(14-28-24)17(20-15-27-22-3-1-2-10-31(20)22)5-6-19(23)29-21-7-4-16(13-26-21)30-11-8-25-9-12-30/h1-7,10,13,15,25H,8-9,11-12,14H2,(H,26,29)(H,28,32). The molecule has 5 heterocycles. The van der Waals surface area contributed by atoms with Gasteiger partial charge in [0.25, 0.3) is 5.91 Å². The topological polar surface area (TPSA) is 86.6 Å². The average Bonchev–Trinajstić information content (AvgIpc) is 3.45. The molecule has 1 amide bonds. The summed E-state index contributed by atoms with van der Waals surface area (Å²) in [4.78, 5) is 24.1. The molecule has 0 spiro atoms. The minimum Gasteiger partial charge on any atom is -0.368 e. The summed E-state index contributed by atoms with van der Waals surface area (Å²) in [6.07, 6.45) is 5.74. The molecule has 1 fully saturated rings. The summed E-state index contributed by atoms with van der Waals surface area (Å²) >= 11 is 0. The smallest absolute Gasteiger partial charge is 0.254 e. The number of fused-ring (bicyclic) bond motifs is 2. The zero-order chi connectivity index (χ0) is 21.5. The average molecular weight is 425 g/mol. The Kier molecular flexibility index (Phi) is 4.50. The van der Waals surface area contributed by atoms with Crippen LogP contribution in [-0.4, -0.2) is 46.5 Å². The zero-order valence-electron chi connectivity index (χ0n) is 17.5. The number of nitrogens with one attached hydrogen (secondary N) is 3. The number of anilines is 3. The first-order valence-corrected chi connectivity index (χ1v) is 10.8. The fourth-order valence-electron chi connectivity index (χ4n) is 4.53. The van der Waals surface area contributed by atoms with Crippen molar-refractivity contribution >= 4 is 28.7 Å². The van der Waals surface area contributed by atoms with E-state index < -0.39 is 0 Å². The fourth-order valence-corrected chi connectivity index (χ4v) is 4.53. The molecule has 32 heavy (non-hydrogen) atoms. The first-order valence-electron chi connectivity index (χ1n) is 10.8. The monoisotopic (exact) mass is 425 g/mol. The van der Waals surface area contributed by atoms with Crippen molar-refractivity contribution < 1.29 is 4.79 Å². The van der Waals surface area contributed by atoms with E-state index in [0.717, 1.165) is 60.0 Å². The number of carbonyl (C=O) groups is 1. The van der Waals surface area contributed by atoms with E-state index in [1.807, 2.05) is 59.4 Å². The van der Waals surface area contributed by atoms with Gasteiger partial charge in [-0.25, -0.2) is 9.97 Å². The number of hydrogen-bond acceptors (Lipinski definition) is 6. The van der Waals surface area contributed by atoms with Crippen LogP contribution in [0.5, 0.6) is 0 Å². The molecule has 2 aliphatic rings. The SMILES string of the molecule is O=C1NCc2c(-c3cnc4ccccn34)ccc(Nc3ccc(N4CCNCC4)cn3)c21. The highest BCUT2D eigenvalue weighted by Gasteiger charge is 2.27. The van der Waals surface area contributed by atoms with Gasteiger partial charge >= 0.3 is 0 Å². The van der Waals surface area contributed by atoms with E-state index in [0.29, 0.717) is 17.9 Å². The Morgan fingerprint density at radius 2 is 1.88 bits per heavy atom. The molecular weight excluding hydrogens is 402 g/mol. The third-order valence-electron chi connectivity index (χ3n) is 6.15. The van der Waals surface area contributed by atoms with Crippen LogP contribution >= 0.6 is 0 Å². The maximum absolute atomic E-state index is 12.7. The van der Waals surface area contributed by atoms with Gasteiger partial charge in [0.2, 0.25) is 0 Å². The Morgan fingerprint density at radius 3 is 2.72 bits per heavy atom. The summed E-state index contributed by atoms with van der Waals surface area (Å²) in [5.74, 6) is 0.643. The highest BCUT2D eigenvalue weighted by atomic mass is 16.1. The van der Waals surface area contributed by atoms with Crippen LogP contribution in [0.3, 0.4) is 0 Å². The normalized spacial score (nSPS) is 15.6. The number of carbonyl (C=O) groups excluding carboxylic acids is 1. The molecule has 8 nitrogen and oxygen atoms in total. The van der Waals surface area contributed by atoms with Gasteiger partial charge in [-0.2, -0.15) is 0 Å². The van der Waals surface area contributed by atoms with Gasteiger partial charge in [0, 0.05) is 44.5 Å². The van der Waals surface area contributed by atoms with Gasteiger partial charge in [-0.1, -0.05) is 12.1 Å². The summed E-state index contributed by atoms with van der Waals surface area (Å²) < 4.78 is 2.04. The van der Waals surface area contributed by atoms with E-state index in [4.69, 9.17) is 0 Å². The number of hydrogen-bond donors (Lipinski definition) is 3. The summed E-state index contributed by atoms with van der Waals surface area (Å²) in [5.41, 5.74) is 6.37. The second-order valence-electron chi connectivity index (χ2n) is 8.03. The molecule has 0 radical (unpaired) electrons. The van der Waals surface area contributed by atoms with Crippen LogP contribution in [0.1, 0.15) is 15.9 Å². The van der Waals surface area contributed by atoms with Gasteiger partial charge < -0.3 is 20.9 Å². The van der Waals surface area contributed by atoms with Crippen molar-refractivity contribution in [3.8, 4) is 11.3 Å². The molecule has 2 aliphatic heterocycles. The van der Waals surface area contributed by atoms with Crippen LogP contribution in [0.15, 0.2) is 61.1 Å². The zero-order valence-corrected chi connectivity index (χ0v) is 17.5. The van der Waals surface area contributed by atoms with Crippen molar-refractivity contribution in [1.29, 1.82) is 0 Å². The van der Waals surface area contributed by atoms with E-state index in [9.17, 15) is 4.79 Å². The van der Waals surface area contributed by atoms with Gasteiger partial charge in [-0.15, -0.1) is 0 Å². The van der Waals surface area contributed by atoms with Gasteiger partial charge in [0.05, 0.1) is 35.0 Å². The fraction of sp³-hybridized carbons (Fsp3) is 0.208. The van der Waals surface area contributed by atoms with E-state index >= 15 is 0 Å². The largest absolute Gasteiger partial charge is 0.368 e. The van der Waals surface area contributed by atoms with Crippen LogP contribution in [0.25, 0.3) is 16.9 Å². The van der Waals surface area contributed by atoms with Gasteiger partial charge in [-0.3, -0.25) is 9.20 Å². The number of nitrogens with zero attached hydrogens (tertiary/aromatic N) is 4. The second-order valence-corrected chi connectivity index (χ2v) is 8.03. The molecule has 0 saturated carbocycles. The van der Waals surface area contributed by atoms with E-state index in [2.05, 4.69) is 36.9 Å². The number of rotatable bonds is 4. The summed E-state index contributed by atoms with van der Waals surface area (Å²) in [6.45, 7) is 4.42. The molecule has 0 atom stereocenters. The number of pyridine rings is 2. The van der Waals surface area contributed by atoms with Crippen LogP contribution in [0.2, 0.25) is 0 Å². The lowest BCUT2D eigenvalue weighted by Crippen LogP contribution is -2.43. The number of benzene rings is 1. The predicted molar refractivity (Wildman–Crippen MR) is 124 cm³/mol. The van der Waals surface area contributed by atoms with Crippen LogP contribution in [-0.2, 0) is 6.54 Å². The molecule has 1 saturated heterocycles.